The number of carbonyl (C=O) groups is 1. The third kappa shape index (κ3) is 3.91. The summed E-state index contributed by atoms with van der Waals surface area (Å²) >= 11 is 0. The van der Waals surface area contributed by atoms with Crippen molar-refractivity contribution in [1.82, 2.24) is 14.3 Å². The smallest absolute Gasteiger partial charge is 0.255 e. The molecule has 0 amide bonds. The van der Waals surface area contributed by atoms with E-state index >= 15 is 0 Å². The van der Waals surface area contributed by atoms with Crippen LogP contribution in [0.15, 0.2) is 65.6 Å². The van der Waals surface area contributed by atoms with E-state index in [1.807, 2.05) is 24.3 Å². The van der Waals surface area contributed by atoms with Crippen LogP contribution in [-0.4, -0.2) is 38.9 Å². The van der Waals surface area contributed by atoms with E-state index in [0.29, 0.717) is 5.52 Å². The van der Waals surface area contributed by atoms with Gasteiger partial charge < -0.3 is 10.4 Å². The summed E-state index contributed by atoms with van der Waals surface area (Å²) in [6, 6.07) is 16.6. The number of aromatic amines is 1. The summed E-state index contributed by atoms with van der Waals surface area (Å²) in [5.41, 5.74) is 3.77. The molecule has 6 rings (SSSR count). The number of Topliss-reactive ketones (excluding diaryl/α,β-unsaturated/α-hetero) is 1. The maximum atomic E-state index is 12.9. The van der Waals surface area contributed by atoms with Gasteiger partial charge in [-0.15, -0.1) is 0 Å². The topological polar surface area (TPSA) is 81.4 Å². The number of benzene rings is 1. The Bertz CT molecular complexity index is 1450. The summed E-state index contributed by atoms with van der Waals surface area (Å²) in [7, 11) is 0. The molecule has 4 heterocycles. The van der Waals surface area contributed by atoms with E-state index in [4.69, 9.17) is 5.41 Å². The molecule has 0 spiro atoms. The van der Waals surface area contributed by atoms with E-state index in [-0.39, 0.29) is 23.3 Å². The highest BCUT2D eigenvalue weighted by molar-refractivity contribution is 6.45. The number of carbonyl (C=O) groups excluding carboxylic acids is 1. The van der Waals surface area contributed by atoms with Gasteiger partial charge >= 0.3 is 0 Å². The fourth-order valence-electron chi connectivity index (χ4n) is 5.04. The second-order valence-electron chi connectivity index (χ2n) is 9.57. The number of pyridine rings is 2. The van der Waals surface area contributed by atoms with E-state index in [1.54, 1.807) is 24.4 Å². The lowest BCUT2D eigenvalue weighted by atomic mass is 9.95. The van der Waals surface area contributed by atoms with Crippen molar-refractivity contribution in [1.29, 1.82) is 5.41 Å². The van der Waals surface area contributed by atoms with Gasteiger partial charge in [-0.3, -0.25) is 18.9 Å². The van der Waals surface area contributed by atoms with Crippen molar-refractivity contribution in [3.8, 4) is 0 Å². The molecule has 2 aliphatic rings. The number of H-pyrrole nitrogens is 1. The second-order valence-corrected chi connectivity index (χ2v) is 9.57. The van der Waals surface area contributed by atoms with Gasteiger partial charge in [-0.2, -0.15) is 0 Å². The lowest BCUT2D eigenvalue weighted by molar-refractivity contribution is 0.0766. The largest absolute Gasteiger partial charge is 0.357 e. The van der Waals surface area contributed by atoms with Crippen molar-refractivity contribution >= 4 is 27.9 Å². The molecule has 1 saturated carbocycles. The van der Waals surface area contributed by atoms with Gasteiger partial charge in [0.05, 0.1) is 5.71 Å². The van der Waals surface area contributed by atoms with Gasteiger partial charge in [-0.25, -0.2) is 0 Å². The normalized spacial score (nSPS) is 16.8. The molecule has 0 bridgehead atoms. The summed E-state index contributed by atoms with van der Waals surface area (Å²) in [5.74, 6) is 1.48. The summed E-state index contributed by atoms with van der Waals surface area (Å²) < 4.78 is 1.49. The number of hydrogen-bond donors (Lipinski definition) is 2. The Balaban J connectivity index is 1.15. The molecule has 3 aromatic heterocycles. The minimum absolute atomic E-state index is 0.0208. The highest BCUT2D eigenvalue weighted by atomic mass is 16.1. The van der Waals surface area contributed by atoms with Crippen molar-refractivity contribution in [3.63, 3.8) is 0 Å². The van der Waals surface area contributed by atoms with Gasteiger partial charge in [0, 0.05) is 60.6 Å². The molecule has 1 aliphatic carbocycles. The highest BCUT2D eigenvalue weighted by Gasteiger charge is 2.38. The molecule has 1 saturated heterocycles. The first kappa shape index (κ1) is 20.1. The lowest BCUT2D eigenvalue weighted by Gasteiger charge is -2.39. The van der Waals surface area contributed by atoms with Gasteiger partial charge in [0.15, 0.2) is 0 Å². The molecule has 0 atom stereocenters. The fourth-order valence-corrected chi connectivity index (χ4v) is 5.04. The number of fused-ring (bicyclic) bond motifs is 2. The second kappa shape index (κ2) is 7.81. The van der Waals surface area contributed by atoms with E-state index < -0.39 is 5.78 Å². The van der Waals surface area contributed by atoms with Crippen LogP contribution in [0.4, 0.5) is 0 Å². The Labute approximate surface area is 191 Å². The Morgan fingerprint density at radius 1 is 1.03 bits per heavy atom. The van der Waals surface area contributed by atoms with Crippen LogP contribution in [-0.2, 0) is 13.0 Å². The van der Waals surface area contributed by atoms with Gasteiger partial charge in [0.25, 0.3) is 5.56 Å². The Kier molecular flexibility index (Phi) is 4.76. The van der Waals surface area contributed by atoms with Crippen molar-refractivity contribution < 1.29 is 4.79 Å². The quantitative estimate of drug-likeness (QED) is 0.337. The standard InChI is InChI=1S/C27H26N4O2/c28-24(27(33)20-12-23-3-1-2-8-31(23)26(32)13-20)9-17-4-5-19-11-22(29-25(19)10-17)16-30-14-21(15-30)18-6-7-18/h1-5,8,10-13,18,21,28-29H,6-7,9,14-16H2. The average Bonchev–Trinajstić information content (AvgIpc) is 3.54. The van der Waals surface area contributed by atoms with E-state index in [1.165, 1.54) is 42.1 Å². The van der Waals surface area contributed by atoms with Crippen LogP contribution in [0.3, 0.4) is 0 Å². The minimum atomic E-state index is -0.409. The Morgan fingerprint density at radius 2 is 1.88 bits per heavy atom. The maximum Gasteiger partial charge on any atom is 0.255 e. The van der Waals surface area contributed by atoms with Gasteiger partial charge in [0.2, 0.25) is 5.78 Å². The van der Waals surface area contributed by atoms with Gasteiger partial charge in [-0.05, 0) is 66.0 Å². The van der Waals surface area contributed by atoms with Crippen molar-refractivity contribution in [3.05, 3.63) is 88.0 Å². The molecule has 6 nitrogen and oxygen atoms in total. The molecule has 1 aromatic carbocycles. The molecule has 166 valence electrons. The van der Waals surface area contributed by atoms with Crippen molar-refractivity contribution in [2.24, 2.45) is 11.8 Å². The molecular formula is C27H26N4O2. The molecule has 6 heteroatoms. The van der Waals surface area contributed by atoms with Crippen LogP contribution in [0.1, 0.15) is 34.5 Å². The SMILES string of the molecule is N=C(Cc1ccc2cc(CN3CC(C4CC4)C3)[nH]c2c1)C(=O)c1cc(=O)n2ccccc2c1. The number of likely N-dealkylation sites (tertiary alicyclic amines) is 1. The molecule has 1 aliphatic heterocycles. The maximum absolute atomic E-state index is 12.9. The number of nitrogens with one attached hydrogen (secondary N) is 2. The van der Waals surface area contributed by atoms with E-state index in [2.05, 4.69) is 16.0 Å². The Morgan fingerprint density at radius 3 is 2.70 bits per heavy atom. The first-order chi connectivity index (χ1) is 16.0. The molecule has 4 aromatic rings. The minimum Gasteiger partial charge on any atom is -0.357 e. The monoisotopic (exact) mass is 438 g/mol. The van der Waals surface area contributed by atoms with E-state index in [9.17, 15) is 9.59 Å². The first-order valence-electron chi connectivity index (χ1n) is 11.6. The van der Waals surface area contributed by atoms with Crippen LogP contribution >= 0.6 is 0 Å². The van der Waals surface area contributed by atoms with Crippen LogP contribution in [0.5, 0.6) is 0 Å². The van der Waals surface area contributed by atoms with Crippen LogP contribution < -0.4 is 5.56 Å². The zero-order chi connectivity index (χ0) is 22.5. The summed E-state index contributed by atoms with van der Waals surface area (Å²) in [4.78, 5) is 31.2. The van der Waals surface area contributed by atoms with Crippen molar-refractivity contribution in [2.75, 3.05) is 13.1 Å². The average molecular weight is 439 g/mol. The zero-order valence-corrected chi connectivity index (χ0v) is 18.4. The molecular weight excluding hydrogens is 412 g/mol. The van der Waals surface area contributed by atoms with Crippen LogP contribution in [0.2, 0.25) is 0 Å². The zero-order valence-electron chi connectivity index (χ0n) is 18.4. The number of ketones is 1. The molecule has 0 radical (unpaired) electrons. The summed E-state index contributed by atoms with van der Waals surface area (Å²) in [6.45, 7) is 3.37. The third-order valence-electron chi connectivity index (χ3n) is 7.04. The molecule has 0 unspecified atom stereocenters. The number of rotatable bonds is 7. The van der Waals surface area contributed by atoms with E-state index in [0.717, 1.165) is 34.8 Å². The Hall–Kier alpha value is -3.51. The number of nitrogens with zero attached hydrogens (tertiary/aromatic N) is 2. The van der Waals surface area contributed by atoms with Crippen molar-refractivity contribution in [2.45, 2.75) is 25.8 Å². The number of hydrogen-bond acceptors (Lipinski definition) is 4. The molecule has 2 N–H and O–H groups in total. The number of aromatic nitrogens is 2. The summed E-state index contributed by atoms with van der Waals surface area (Å²) in [6.07, 6.45) is 4.74. The molecule has 33 heavy (non-hydrogen) atoms. The highest BCUT2D eigenvalue weighted by Crippen LogP contribution is 2.41. The lowest BCUT2D eigenvalue weighted by Crippen LogP contribution is -2.46. The fraction of sp³-hybridized carbons (Fsp3) is 0.296. The van der Waals surface area contributed by atoms with Crippen LogP contribution in [0.25, 0.3) is 16.4 Å². The predicted molar refractivity (Wildman–Crippen MR) is 129 cm³/mol. The predicted octanol–water partition coefficient (Wildman–Crippen LogP) is 4.07. The van der Waals surface area contributed by atoms with Crippen LogP contribution in [0, 0.1) is 17.2 Å². The third-order valence-corrected chi connectivity index (χ3v) is 7.04. The van der Waals surface area contributed by atoms with Gasteiger partial charge in [-0.1, -0.05) is 18.2 Å². The van der Waals surface area contributed by atoms with Gasteiger partial charge in [0.1, 0.15) is 0 Å². The molecule has 2 fully saturated rings. The first-order valence-corrected chi connectivity index (χ1v) is 11.6. The summed E-state index contributed by atoms with van der Waals surface area (Å²) in [5, 5.41) is 9.52.